The Morgan fingerprint density at radius 2 is 2.16 bits per heavy atom. The number of amides is 4. The first-order valence-electron chi connectivity index (χ1n) is 5.96. The third-order valence-electron chi connectivity index (χ3n) is 3.31. The van der Waals surface area contributed by atoms with Crippen molar-refractivity contribution in [1.82, 2.24) is 15.1 Å². The maximum absolute atomic E-state index is 11.9. The molecule has 2 fully saturated rings. The number of ether oxygens (including phenoxy) is 1. The molecule has 0 bridgehead atoms. The normalized spacial score (nSPS) is 22.7. The Hall–Kier alpha value is -2.12. The van der Waals surface area contributed by atoms with Crippen molar-refractivity contribution in [3.8, 4) is 0 Å². The number of rotatable bonds is 3. The highest BCUT2D eigenvalue weighted by atomic mass is 16.5. The zero-order chi connectivity index (χ0) is 14.0. The van der Waals surface area contributed by atoms with E-state index < -0.39 is 11.9 Å². The Morgan fingerprint density at radius 3 is 2.74 bits per heavy atom. The summed E-state index contributed by atoms with van der Waals surface area (Å²) < 4.78 is 4.62. The molecule has 8 heteroatoms. The number of hydrogen-bond donors (Lipinski definition) is 1. The van der Waals surface area contributed by atoms with Gasteiger partial charge in [0.2, 0.25) is 5.91 Å². The molecule has 0 aromatic rings. The van der Waals surface area contributed by atoms with Gasteiger partial charge in [-0.15, -0.1) is 0 Å². The SMILES string of the molecule is COC(=O)C1CCN(C(=O)CN2C(=O)CNC2=O)C1. The largest absolute Gasteiger partial charge is 0.469 e. The summed E-state index contributed by atoms with van der Waals surface area (Å²) in [4.78, 5) is 48.3. The highest BCUT2D eigenvalue weighted by molar-refractivity contribution is 6.04. The molecule has 1 atom stereocenters. The lowest BCUT2D eigenvalue weighted by molar-refractivity contribution is -0.145. The van der Waals surface area contributed by atoms with E-state index in [1.165, 1.54) is 12.0 Å². The Kier molecular flexibility index (Phi) is 3.68. The van der Waals surface area contributed by atoms with Gasteiger partial charge in [-0.2, -0.15) is 0 Å². The Morgan fingerprint density at radius 1 is 1.42 bits per heavy atom. The number of hydrogen-bond acceptors (Lipinski definition) is 5. The molecule has 2 heterocycles. The molecule has 1 N–H and O–H groups in total. The second-order valence-electron chi connectivity index (χ2n) is 4.49. The molecule has 2 aliphatic rings. The summed E-state index contributed by atoms with van der Waals surface area (Å²) in [5.74, 6) is -1.42. The minimum Gasteiger partial charge on any atom is -0.469 e. The van der Waals surface area contributed by atoms with Gasteiger partial charge in [-0.05, 0) is 6.42 Å². The predicted octanol–water partition coefficient (Wildman–Crippen LogP) is -1.44. The fourth-order valence-corrected chi connectivity index (χ4v) is 2.20. The van der Waals surface area contributed by atoms with Crippen LogP contribution in [0.1, 0.15) is 6.42 Å². The van der Waals surface area contributed by atoms with Crippen LogP contribution in [-0.2, 0) is 19.1 Å². The lowest BCUT2D eigenvalue weighted by Gasteiger charge is -2.19. The number of likely N-dealkylation sites (tertiary alicyclic amines) is 1. The molecule has 4 amide bonds. The average Bonchev–Trinajstić information content (AvgIpc) is 3.00. The van der Waals surface area contributed by atoms with Gasteiger partial charge in [0.05, 0.1) is 19.6 Å². The number of carbonyl (C=O) groups is 4. The lowest BCUT2D eigenvalue weighted by atomic mass is 10.1. The van der Waals surface area contributed by atoms with E-state index in [2.05, 4.69) is 10.1 Å². The highest BCUT2D eigenvalue weighted by Gasteiger charge is 2.35. The van der Waals surface area contributed by atoms with Crippen molar-refractivity contribution >= 4 is 23.8 Å². The van der Waals surface area contributed by atoms with E-state index in [4.69, 9.17) is 0 Å². The molecule has 0 saturated carbocycles. The summed E-state index contributed by atoms with van der Waals surface area (Å²) in [7, 11) is 1.31. The van der Waals surface area contributed by atoms with Crippen LogP contribution in [0.2, 0.25) is 0 Å². The van der Waals surface area contributed by atoms with Crippen LogP contribution >= 0.6 is 0 Å². The van der Waals surface area contributed by atoms with Crippen LogP contribution in [0.25, 0.3) is 0 Å². The number of imide groups is 1. The fourth-order valence-electron chi connectivity index (χ4n) is 2.20. The molecule has 104 valence electrons. The van der Waals surface area contributed by atoms with Gasteiger partial charge in [0.1, 0.15) is 6.54 Å². The molecule has 1 unspecified atom stereocenters. The maximum atomic E-state index is 11.9. The van der Waals surface area contributed by atoms with Gasteiger partial charge in [-0.3, -0.25) is 19.3 Å². The van der Waals surface area contributed by atoms with Crippen molar-refractivity contribution in [2.45, 2.75) is 6.42 Å². The van der Waals surface area contributed by atoms with Crippen LogP contribution in [0.5, 0.6) is 0 Å². The summed E-state index contributed by atoms with van der Waals surface area (Å²) in [6.45, 7) is 0.354. The summed E-state index contributed by atoms with van der Waals surface area (Å²) in [5, 5.41) is 2.34. The van der Waals surface area contributed by atoms with Gasteiger partial charge in [-0.1, -0.05) is 0 Å². The van der Waals surface area contributed by atoms with E-state index in [-0.39, 0.29) is 37.4 Å². The first kappa shape index (κ1) is 13.3. The molecule has 2 saturated heterocycles. The smallest absolute Gasteiger partial charge is 0.325 e. The summed E-state index contributed by atoms with van der Waals surface area (Å²) in [6, 6.07) is -0.554. The number of methoxy groups -OCH3 is 1. The standard InChI is InChI=1S/C11H15N3O5/c1-19-10(17)7-2-3-13(5-7)9(16)6-14-8(15)4-12-11(14)18/h7H,2-6H2,1H3,(H,12,18). The van der Waals surface area contributed by atoms with Crippen molar-refractivity contribution in [2.75, 3.05) is 33.3 Å². The molecular weight excluding hydrogens is 254 g/mol. The average molecular weight is 269 g/mol. The first-order valence-corrected chi connectivity index (χ1v) is 5.96. The third-order valence-corrected chi connectivity index (χ3v) is 3.31. The Balaban J connectivity index is 1.89. The molecule has 19 heavy (non-hydrogen) atoms. The summed E-state index contributed by atoms with van der Waals surface area (Å²) >= 11 is 0. The van der Waals surface area contributed by atoms with Crippen molar-refractivity contribution in [2.24, 2.45) is 5.92 Å². The molecule has 0 aliphatic carbocycles. The van der Waals surface area contributed by atoms with Gasteiger partial charge in [0.25, 0.3) is 5.91 Å². The highest BCUT2D eigenvalue weighted by Crippen LogP contribution is 2.18. The van der Waals surface area contributed by atoms with Gasteiger partial charge >= 0.3 is 12.0 Å². The maximum Gasteiger partial charge on any atom is 0.325 e. The third kappa shape index (κ3) is 2.67. The van der Waals surface area contributed by atoms with Gasteiger partial charge < -0.3 is 15.0 Å². The molecule has 0 spiro atoms. The molecule has 0 aromatic carbocycles. The van der Waals surface area contributed by atoms with Crippen LogP contribution in [0.4, 0.5) is 4.79 Å². The Labute approximate surface area is 109 Å². The molecule has 8 nitrogen and oxygen atoms in total. The number of carbonyl (C=O) groups excluding carboxylic acids is 4. The van der Waals surface area contributed by atoms with E-state index in [1.54, 1.807) is 0 Å². The first-order chi connectivity index (χ1) is 9.02. The minimum absolute atomic E-state index is 0.0725. The van der Waals surface area contributed by atoms with Crippen molar-refractivity contribution in [3.63, 3.8) is 0 Å². The topological polar surface area (TPSA) is 96.0 Å². The van der Waals surface area contributed by atoms with Crippen LogP contribution < -0.4 is 5.32 Å². The van der Waals surface area contributed by atoms with E-state index in [1.807, 2.05) is 0 Å². The lowest BCUT2D eigenvalue weighted by Crippen LogP contribution is -2.42. The second kappa shape index (κ2) is 5.25. The Bertz CT molecular complexity index is 420. The molecule has 2 rings (SSSR count). The van der Waals surface area contributed by atoms with E-state index in [0.717, 1.165) is 4.90 Å². The zero-order valence-electron chi connectivity index (χ0n) is 10.5. The minimum atomic E-state index is -0.554. The predicted molar refractivity (Wildman–Crippen MR) is 61.8 cm³/mol. The van der Waals surface area contributed by atoms with Crippen molar-refractivity contribution in [3.05, 3.63) is 0 Å². The monoisotopic (exact) mass is 269 g/mol. The van der Waals surface area contributed by atoms with Gasteiger partial charge in [0, 0.05) is 13.1 Å². The van der Waals surface area contributed by atoms with Crippen LogP contribution in [0.15, 0.2) is 0 Å². The molecular formula is C11H15N3O5. The number of urea groups is 1. The van der Waals surface area contributed by atoms with Gasteiger partial charge in [-0.25, -0.2) is 4.79 Å². The van der Waals surface area contributed by atoms with E-state index in [9.17, 15) is 19.2 Å². The molecule has 0 aromatic heterocycles. The molecule has 2 aliphatic heterocycles. The van der Waals surface area contributed by atoms with Gasteiger partial charge in [0.15, 0.2) is 0 Å². The summed E-state index contributed by atoms with van der Waals surface area (Å²) in [6.07, 6.45) is 0.540. The van der Waals surface area contributed by atoms with Crippen molar-refractivity contribution < 1.29 is 23.9 Å². The second-order valence-corrected chi connectivity index (χ2v) is 4.49. The number of nitrogens with zero attached hydrogens (tertiary/aromatic N) is 2. The summed E-state index contributed by atoms with van der Waals surface area (Å²) in [5.41, 5.74) is 0. The fraction of sp³-hybridized carbons (Fsp3) is 0.636. The van der Waals surface area contributed by atoms with E-state index in [0.29, 0.717) is 13.0 Å². The van der Waals surface area contributed by atoms with Crippen LogP contribution in [-0.4, -0.2) is 66.9 Å². The van der Waals surface area contributed by atoms with Crippen LogP contribution in [0.3, 0.4) is 0 Å². The van der Waals surface area contributed by atoms with Crippen LogP contribution in [0, 0.1) is 5.92 Å². The zero-order valence-corrected chi connectivity index (χ0v) is 10.5. The number of nitrogens with one attached hydrogen (secondary N) is 1. The quantitative estimate of drug-likeness (QED) is 0.500. The van der Waals surface area contributed by atoms with E-state index >= 15 is 0 Å². The van der Waals surface area contributed by atoms with Crippen molar-refractivity contribution in [1.29, 1.82) is 0 Å². The molecule has 0 radical (unpaired) electrons. The number of esters is 1.